The van der Waals surface area contributed by atoms with Crippen LogP contribution in [0.3, 0.4) is 0 Å². The lowest BCUT2D eigenvalue weighted by molar-refractivity contribution is 0.0585. The van der Waals surface area contributed by atoms with E-state index < -0.39 is 11.9 Å². The summed E-state index contributed by atoms with van der Waals surface area (Å²) in [7, 11) is 2.57. The Morgan fingerprint density at radius 1 is 1.10 bits per heavy atom. The van der Waals surface area contributed by atoms with Crippen LogP contribution in [0, 0.1) is 0 Å². The molecule has 0 aliphatic heterocycles. The predicted octanol–water partition coefficient (Wildman–Crippen LogP) is 1.30. The predicted molar refractivity (Wildman–Crippen MR) is 105 cm³/mol. The summed E-state index contributed by atoms with van der Waals surface area (Å²) in [4.78, 5) is 40.8. The molecule has 0 saturated heterocycles. The molecule has 4 rings (SSSR count). The summed E-state index contributed by atoms with van der Waals surface area (Å²) in [6.45, 7) is 0. The third-order valence-electron chi connectivity index (χ3n) is 5.06. The molecule has 10 heteroatoms. The maximum Gasteiger partial charge on any atom is 0.356 e. The van der Waals surface area contributed by atoms with Crippen molar-refractivity contribution in [2.75, 3.05) is 20.0 Å². The number of nitrogens with one attached hydrogen (secondary N) is 1. The van der Waals surface area contributed by atoms with Crippen LogP contribution in [-0.2, 0) is 15.9 Å². The number of pyridine rings is 1. The van der Waals surface area contributed by atoms with Gasteiger partial charge in [0.15, 0.2) is 11.3 Å². The van der Waals surface area contributed by atoms with Crippen LogP contribution in [0.5, 0.6) is 0 Å². The quantitative estimate of drug-likeness (QED) is 0.615. The Balaban J connectivity index is 1.62. The Morgan fingerprint density at radius 2 is 1.87 bits per heavy atom. The SMILES string of the molecule is COC(=O)c1ccc2c(c1)CC[C@@H]2NC(=O)c1cc(C(=O)OC)n2nc(N)nc2c1. The number of benzene rings is 1. The lowest BCUT2D eigenvalue weighted by atomic mass is 10.0. The minimum atomic E-state index is -0.666. The second-order valence-corrected chi connectivity index (χ2v) is 6.83. The van der Waals surface area contributed by atoms with E-state index in [1.807, 2.05) is 6.07 Å². The highest BCUT2D eigenvalue weighted by atomic mass is 16.5. The average Bonchev–Trinajstić information content (AvgIpc) is 3.33. The van der Waals surface area contributed by atoms with Gasteiger partial charge in [-0.25, -0.2) is 14.1 Å². The van der Waals surface area contributed by atoms with E-state index >= 15 is 0 Å². The molecule has 30 heavy (non-hydrogen) atoms. The number of rotatable bonds is 4. The van der Waals surface area contributed by atoms with Crippen molar-refractivity contribution in [3.8, 4) is 0 Å². The number of aromatic nitrogens is 3. The van der Waals surface area contributed by atoms with E-state index in [1.54, 1.807) is 12.1 Å². The molecule has 1 aliphatic rings. The van der Waals surface area contributed by atoms with Crippen molar-refractivity contribution >= 4 is 29.4 Å². The molecule has 2 heterocycles. The third kappa shape index (κ3) is 3.32. The Kier molecular flexibility index (Phi) is 4.82. The molecule has 0 radical (unpaired) electrons. The monoisotopic (exact) mass is 409 g/mol. The molecule has 0 saturated carbocycles. The van der Waals surface area contributed by atoms with Crippen molar-refractivity contribution in [2.24, 2.45) is 0 Å². The van der Waals surface area contributed by atoms with Crippen molar-refractivity contribution in [2.45, 2.75) is 18.9 Å². The zero-order valence-electron chi connectivity index (χ0n) is 16.3. The van der Waals surface area contributed by atoms with Gasteiger partial charge in [0.1, 0.15) is 0 Å². The number of hydrogen-bond donors (Lipinski definition) is 2. The van der Waals surface area contributed by atoms with Gasteiger partial charge >= 0.3 is 11.9 Å². The lowest BCUT2D eigenvalue weighted by Crippen LogP contribution is -2.27. The molecule has 3 N–H and O–H groups in total. The Morgan fingerprint density at radius 3 is 2.60 bits per heavy atom. The van der Waals surface area contributed by atoms with Crippen LogP contribution >= 0.6 is 0 Å². The van der Waals surface area contributed by atoms with E-state index in [9.17, 15) is 14.4 Å². The highest BCUT2D eigenvalue weighted by molar-refractivity contribution is 5.98. The molecule has 1 aromatic carbocycles. The molecule has 1 aliphatic carbocycles. The van der Waals surface area contributed by atoms with Crippen molar-refractivity contribution in [3.63, 3.8) is 0 Å². The highest BCUT2D eigenvalue weighted by Gasteiger charge is 2.26. The smallest absolute Gasteiger partial charge is 0.356 e. The average molecular weight is 409 g/mol. The van der Waals surface area contributed by atoms with Crippen LogP contribution < -0.4 is 11.1 Å². The summed E-state index contributed by atoms with van der Waals surface area (Å²) < 4.78 is 10.8. The van der Waals surface area contributed by atoms with Gasteiger partial charge in [-0.3, -0.25) is 4.79 Å². The summed E-state index contributed by atoms with van der Waals surface area (Å²) in [6, 6.07) is 7.95. The molecular formula is C20H19N5O5. The number of anilines is 1. The minimum absolute atomic E-state index is 0.0242. The van der Waals surface area contributed by atoms with Crippen LogP contribution in [0.1, 0.15) is 54.8 Å². The number of carbonyl (C=O) groups is 3. The highest BCUT2D eigenvalue weighted by Crippen LogP contribution is 2.32. The molecule has 1 atom stereocenters. The first-order chi connectivity index (χ1) is 14.4. The standard InChI is InChI=1S/C20H19N5O5/c1-29-18(27)11-3-5-13-10(7-11)4-6-14(13)22-17(26)12-8-15(19(28)30-2)25-16(9-12)23-20(21)24-25/h3,5,7-9,14H,4,6H2,1-2H3,(H2,21,24)(H,22,26)/t14-/m0/s1. The van der Waals surface area contributed by atoms with Crippen LogP contribution in [0.15, 0.2) is 30.3 Å². The van der Waals surface area contributed by atoms with Crippen LogP contribution in [-0.4, -0.2) is 46.7 Å². The molecule has 3 aromatic rings. The number of carbonyl (C=O) groups excluding carboxylic acids is 3. The molecule has 154 valence electrons. The molecule has 1 amide bonds. The molecule has 10 nitrogen and oxygen atoms in total. The number of nitrogen functional groups attached to an aromatic ring is 1. The maximum absolute atomic E-state index is 12.9. The molecular weight excluding hydrogens is 390 g/mol. The van der Waals surface area contributed by atoms with E-state index in [0.29, 0.717) is 12.0 Å². The fourth-order valence-corrected chi connectivity index (χ4v) is 3.64. The fraction of sp³-hybridized carbons (Fsp3) is 0.250. The van der Waals surface area contributed by atoms with Crippen molar-refractivity contribution in [1.82, 2.24) is 19.9 Å². The topological polar surface area (TPSA) is 138 Å². The summed E-state index contributed by atoms with van der Waals surface area (Å²) in [5, 5.41) is 6.93. The zero-order chi connectivity index (χ0) is 21.4. The van der Waals surface area contributed by atoms with Gasteiger partial charge in [-0.1, -0.05) is 6.07 Å². The summed E-state index contributed by atoms with van der Waals surface area (Å²) in [5.41, 5.74) is 8.56. The van der Waals surface area contributed by atoms with Crippen LogP contribution in [0.2, 0.25) is 0 Å². The third-order valence-corrected chi connectivity index (χ3v) is 5.06. The van der Waals surface area contributed by atoms with Gasteiger partial charge in [-0.05, 0) is 48.2 Å². The van der Waals surface area contributed by atoms with Crippen molar-refractivity contribution < 1.29 is 23.9 Å². The Labute approximate surface area is 171 Å². The second-order valence-electron chi connectivity index (χ2n) is 6.83. The van der Waals surface area contributed by atoms with Crippen LogP contribution in [0.25, 0.3) is 5.65 Å². The van der Waals surface area contributed by atoms with Crippen molar-refractivity contribution in [1.29, 1.82) is 0 Å². The zero-order valence-corrected chi connectivity index (χ0v) is 16.3. The molecule has 0 bridgehead atoms. The molecule has 0 fully saturated rings. The Bertz CT molecular complexity index is 1190. The number of nitrogens with two attached hydrogens (primary N) is 1. The van der Waals surface area contributed by atoms with E-state index in [0.717, 1.165) is 17.5 Å². The van der Waals surface area contributed by atoms with Gasteiger partial charge in [-0.2, -0.15) is 4.98 Å². The second kappa shape index (κ2) is 7.47. The largest absolute Gasteiger partial charge is 0.465 e. The first kappa shape index (κ1) is 19.4. The molecule has 0 spiro atoms. The number of ether oxygens (including phenoxy) is 2. The number of aryl methyl sites for hydroxylation is 1. The number of hydrogen-bond acceptors (Lipinski definition) is 8. The van der Waals surface area contributed by atoms with Gasteiger partial charge in [-0.15, -0.1) is 5.10 Å². The number of methoxy groups -OCH3 is 2. The summed E-state index contributed by atoms with van der Waals surface area (Å²) in [6.07, 6.45) is 1.41. The molecule has 2 aromatic heterocycles. The maximum atomic E-state index is 12.9. The Hall–Kier alpha value is -3.95. The van der Waals surface area contributed by atoms with Gasteiger partial charge in [0, 0.05) is 5.56 Å². The van der Waals surface area contributed by atoms with Gasteiger partial charge in [0.2, 0.25) is 5.95 Å². The number of amides is 1. The van der Waals surface area contributed by atoms with E-state index in [-0.39, 0.29) is 34.8 Å². The van der Waals surface area contributed by atoms with Gasteiger partial charge in [0.05, 0.1) is 25.8 Å². The number of nitrogens with zero attached hydrogens (tertiary/aromatic N) is 3. The molecule has 0 unspecified atom stereocenters. The first-order valence-corrected chi connectivity index (χ1v) is 9.18. The first-order valence-electron chi connectivity index (χ1n) is 9.18. The fourth-order valence-electron chi connectivity index (χ4n) is 3.64. The van der Waals surface area contributed by atoms with E-state index in [4.69, 9.17) is 15.2 Å². The van der Waals surface area contributed by atoms with Crippen LogP contribution in [0.4, 0.5) is 5.95 Å². The number of esters is 2. The lowest BCUT2D eigenvalue weighted by Gasteiger charge is -2.15. The summed E-state index contributed by atoms with van der Waals surface area (Å²) >= 11 is 0. The van der Waals surface area contributed by atoms with Crippen molar-refractivity contribution in [3.05, 3.63) is 58.3 Å². The van der Waals surface area contributed by atoms with Gasteiger partial charge < -0.3 is 20.5 Å². The number of fused-ring (bicyclic) bond motifs is 2. The van der Waals surface area contributed by atoms with E-state index in [1.165, 1.54) is 30.9 Å². The van der Waals surface area contributed by atoms with E-state index in [2.05, 4.69) is 15.4 Å². The summed E-state index contributed by atoms with van der Waals surface area (Å²) in [5.74, 6) is -1.47. The minimum Gasteiger partial charge on any atom is -0.465 e. The van der Waals surface area contributed by atoms with Gasteiger partial charge in [0.25, 0.3) is 5.91 Å². The normalized spacial score (nSPS) is 14.9.